The van der Waals surface area contributed by atoms with E-state index in [4.69, 9.17) is 18.9 Å². The van der Waals surface area contributed by atoms with Crippen molar-refractivity contribution in [1.29, 1.82) is 0 Å². The zero-order valence-electron chi connectivity index (χ0n) is 24.1. The Kier molecular flexibility index (Phi) is 15.5. The Morgan fingerprint density at radius 3 is 1.73 bits per heavy atom. The largest absolute Gasteiger partial charge is 0.462 e. The topological polar surface area (TPSA) is 105 Å². The van der Waals surface area contributed by atoms with Crippen molar-refractivity contribution in [1.82, 2.24) is 0 Å². The summed E-state index contributed by atoms with van der Waals surface area (Å²) in [6.45, 7) is 12.6. The van der Waals surface area contributed by atoms with Crippen LogP contribution in [0.15, 0.2) is 0 Å². The van der Waals surface area contributed by atoms with Gasteiger partial charge in [-0.3, -0.25) is 19.2 Å². The molecule has 1 fully saturated rings. The lowest BCUT2D eigenvalue weighted by Gasteiger charge is -2.34. The maximum absolute atomic E-state index is 13.0. The van der Waals surface area contributed by atoms with Gasteiger partial charge in [-0.15, -0.1) is 0 Å². The highest BCUT2D eigenvalue weighted by atomic mass is 16.6. The van der Waals surface area contributed by atoms with Gasteiger partial charge in [0.05, 0.1) is 11.8 Å². The molecular weight excluding hydrogens is 476 g/mol. The molecule has 0 saturated heterocycles. The lowest BCUT2D eigenvalue weighted by atomic mass is 9.72. The minimum atomic E-state index is -0.608. The summed E-state index contributed by atoms with van der Waals surface area (Å²) >= 11 is 0. The van der Waals surface area contributed by atoms with Crippen LogP contribution in [0.5, 0.6) is 0 Å². The number of esters is 4. The lowest BCUT2D eigenvalue weighted by molar-refractivity contribution is -0.170. The van der Waals surface area contributed by atoms with E-state index >= 15 is 0 Å². The monoisotopic (exact) mass is 526 g/mol. The average Bonchev–Trinajstić information content (AvgIpc) is 2.79. The summed E-state index contributed by atoms with van der Waals surface area (Å²) in [7, 11) is 0. The molecule has 0 aromatic carbocycles. The van der Waals surface area contributed by atoms with Crippen LogP contribution < -0.4 is 0 Å². The molecule has 0 bridgehead atoms. The highest BCUT2D eigenvalue weighted by Crippen LogP contribution is 2.38. The van der Waals surface area contributed by atoms with E-state index < -0.39 is 47.9 Å². The predicted octanol–water partition coefficient (Wildman–Crippen LogP) is 5.64. The fraction of sp³-hybridized carbons (Fsp3) is 0.862. The van der Waals surface area contributed by atoms with Crippen molar-refractivity contribution in [2.75, 3.05) is 13.2 Å². The summed E-state index contributed by atoms with van der Waals surface area (Å²) < 4.78 is 20.9. The molecule has 1 rings (SSSR count). The molecule has 0 aliphatic heterocycles. The molecule has 0 N–H and O–H groups in total. The number of hydrogen-bond acceptors (Lipinski definition) is 8. The molecule has 0 radical (unpaired) electrons. The van der Waals surface area contributed by atoms with E-state index in [-0.39, 0.29) is 13.2 Å². The highest BCUT2D eigenvalue weighted by Gasteiger charge is 2.41. The standard InChI is InChI=1S/C29H50O8/c1-19(2)10-8-11-20(3)12-9-13-25-14-15-26(28(32)34-17-21(4)36-23(6)30)27(16-25)29(33)35-18-22(5)37-24(7)31/h19-22,25-27H,8-18H2,1-7H3. The molecule has 6 atom stereocenters. The van der Waals surface area contributed by atoms with Gasteiger partial charge in [0.25, 0.3) is 0 Å². The molecule has 214 valence electrons. The summed E-state index contributed by atoms with van der Waals surface area (Å²) in [4.78, 5) is 48.2. The lowest BCUT2D eigenvalue weighted by Crippen LogP contribution is -2.39. The SMILES string of the molecule is CC(=O)OC(C)COC(=O)C1CCC(CCCC(C)CCCC(C)C)CC1C(=O)OCC(C)OC(C)=O. The van der Waals surface area contributed by atoms with Crippen LogP contribution >= 0.6 is 0 Å². The van der Waals surface area contributed by atoms with E-state index in [2.05, 4.69) is 20.8 Å². The number of ether oxygens (including phenoxy) is 4. The second-order valence-electron chi connectivity index (χ2n) is 11.4. The molecule has 37 heavy (non-hydrogen) atoms. The zero-order valence-corrected chi connectivity index (χ0v) is 24.1. The minimum absolute atomic E-state index is 0.0568. The first-order valence-electron chi connectivity index (χ1n) is 14.1. The second kappa shape index (κ2) is 17.4. The summed E-state index contributed by atoms with van der Waals surface area (Å²) in [5.74, 6) is -1.25. The molecule has 0 amide bonds. The van der Waals surface area contributed by atoms with Crippen molar-refractivity contribution in [2.45, 2.75) is 118 Å². The Hall–Kier alpha value is -2.12. The van der Waals surface area contributed by atoms with Crippen LogP contribution in [0.1, 0.15) is 106 Å². The molecule has 0 aromatic rings. The predicted molar refractivity (Wildman–Crippen MR) is 140 cm³/mol. The fourth-order valence-electron chi connectivity index (χ4n) is 5.08. The molecule has 8 heteroatoms. The number of carbonyl (C=O) groups excluding carboxylic acids is 4. The minimum Gasteiger partial charge on any atom is -0.462 e. The normalized spacial score (nSPS) is 22.0. The van der Waals surface area contributed by atoms with Gasteiger partial charge in [0.2, 0.25) is 0 Å². The molecule has 0 heterocycles. The first-order chi connectivity index (χ1) is 17.4. The Bertz CT molecular complexity index is 719. The van der Waals surface area contributed by atoms with Crippen molar-refractivity contribution < 1.29 is 38.1 Å². The summed E-state index contributed by atoms with van der Waals surface area (Å²) in [6, 6.07) is 0. The van der Waals surface area contributed by atoms with E-state index in [9.17, 15) is 19.2 Å². The maximum Gasteiger partial charge on any atom is 0.309 e. The first kappa shape index (κ1) is 32.9. The quantitative estimate of drug-likeness (QED) is 0.188. The summed E-state index contributed by atoms with van der Waals surface area (Å²) in [5.41, 5.74) is 0. The molecule has 1 saturated carbocycles. The third kappa shape index (κ3) is 14.4. The van der Waals surface area contributed by atoms with Gasteiger partial charge in [0.15, 0.2) is 0 Å². The molecule has 1 aliphatic rings. The smallest absolute Gasteiger partial charge is 0.309 e. The highest BCUT2D eigenvalue weighted by molar-refractivity contribution is 5.82. The number of hydrogen-bond donors (Lipinski definition) is 0. The van der Waals surface area contributed by atoms with Gasteiger partial charge in [-0.2, -0.15) is 0 Å². The van der Waals surface area contributed by atoms with Crippen molar-refractivity contribution >= 4 is 23.9 Å². The van der Waals surface area contributed by atoms with Gasteiger partial charge in [0.1, 0.15) is 25.4 Å². The Morgan fingerprint density at radius 2 is 1.22 bits per heavy atom. The van der Waals surface area contributed by atoms with Crippen LogP contribution in [-0.2, 0) is 38.1 Å². The van der Waals surface area contributed by atoms with Crippen LogP contribution in [0, 0.1) is 29.6 Å². The van der Waals surface area contributed by atoms with Crippen LogP contribution in [0.4, 0.5) is 0 Å². The molecule has 0 aromatic heterocycles. The van der Waals surface area contributed by atoms with Crippen molar-refractivity contribution in [3.05, 3.63) is 0 Å². The van der Waals surface area contributed by atoms with Gasteiger partial charge in [0, 0.05) is 13.8 Å². The van der Waals surface area contributed by atoms with Gasteiger partial charge < -0.3 is 18.9 Å². The third-order valence-electron chi connectivity index (χ3n) is 7.01. The van der Waals surface area contributed by atoms with E-state index in [1.807, 2.05) is 0 Å². The molecule has 0 spiro atoms. The molecule has 1 aliphatic carbocycles. The molecular formula is C29H50O8. The van der Waals surface area contributed by atoms with Crippen LogP contribution in [-0.4, -0.2) is 49.3 Å². The number of carbonyl (C=O) groups is 4. The van der Waals surface area contributed by atoms with Gasteiger partial charge in [-0.05, 0) is 50.9 Å². The van der Waals surface area contributed by atoms with E-state index in [0.717, 1.165) is 25.2 Å². The molecule has 8 nitrogen and oxygen atoms in total. The average molecular weight is 527 g/mol. The summed E-state index contributed by atoms with van der Waals surface area (Å²) in [5, 5.41) is 0. The van der Waals surface area contributed by atoms with Crippen molar-refractivity contribution in [3.63, 3.8) is 0 Å². The van der Waals surface area contributed by atoms with Crippen LogP contribution in [0.25, 0.3) is 0 Å². The van der Waals surface area contributed by atoms with Crippen molar-refractivity contribution in [3.8, 4) is 0 Å². The van der Waals surface area contributed by atoms with Gasteiger partial charge >= 0.3 is 23.9 Å². The van der Waals surface area contributed by atoms with Crippen LogP contribution in [0.2, 0.25) is 0 Å². The summed E-state index contributed by atoms with van der Waals surface area (Å²) in [6.07, 6.45) is 7.93. The van der Waals surface area contributed by atoms with Crippen LogP contribution in [0.3, 0.4) is 0 Å². The fourth-order valence-corrected chi connectivity index (χ4v) is 5.08. The van der Waals surface area contributed by atoms with Crippen molar-refractivity contribution in [2.24, 2.45) is 29.6 Å². The Labute approximate surface area is 223 Å². The first-order valence-corrected chi connectivity index (χ1v) is 14.1. The molecule has 6 unspecified atom stereocenters. The van der Waals surface area contributed by atoms with E-state index in [0.29, 0.717) is 24.7 Å². The third-order valence-corrected chi connectivity index (χ3v) is 7.01. The second-order valence-corrected chi connectivity index (χ2v) is 11.4. The van der Waals surface area contributed by atoms with E-state index in [1.54, 1.807) is 13.8 Å². The van der Waals surface area contributed by atoms with Gasteiger partial charge in [-0.1, -0.05) is 59.3 Å². The van der Waals surface area contributed by atoms with E-state index in [1.165, 1.54) is 39.5 Å². The van der Waals surface area contributed by atoms with Gasteiger partial charge in [-0.25, -0.2) is 0 Å². The Morgan fingerprint density at radius 1 is 0.703 bits per heavy atom. The Balaban J connectivity index is 2.69. The number of rotatable bonds is 16. The maximum atomic E-state index is 13.0. The zero-order chi connectivity index (χ0) is 28.0.